The first kappa shape index (κ1) is 13.5. The number of nitrogens with one attached hydrogen (secondary N) is 1. The van der Waals surface area contributed by atoms with Crippen molar-refractivity contribution in [3.63, 3.8) is 0 Å². The molecule has 0 fully saturated rings. The molecule has 2 rings (SSSR count). The Kier molecular flexibility index (Phi) is 4.33. The highest BCUT2D eigenvalue weighted by molar-refractivity contribution is 6.35. The van der Waals surface area contributed by atoms with E-state index in [1.54, 1.807) is 18.3 Å². The second-order valence-electron chi connectivity index (χ2n) is 3.89. The quantitative estimate of drug-likeness (QED) is 0.841. The average Bonchev–Trinajstić information content (AvgIpc) is 2.32. The van der Waals surface area contributed by atoms with E-state index in [-0.39, 0.29) is 6.04 Å². The summed E-state index contributed by atoms with van der Waals surface area (Å²) in [6.07, 6.45) is 1.60. The highest BCUT2D eigenvalue weighted by Crippen LogP contribution is 2.28. The fourth-order valence-corrected chi connectivity index (χ4v) is 2.30. The SMILES string of the molecule is CC(Nc1ccc(Cl)cn1)c1ccc(Cl)cc1Cl. The first-order valence-electron chi connectivity index (χ1n) is 5.39. The minimum absolute atomic E-state index is 0.0310. The normalized spacial score (nSPS) is 12.2. The lowest BCUT2D eigenvalue weighted by Gasteiger charge is -2.16. The molecule has 1 atom stereocenters. The van der Waals surface area contributed by atoms with Crippen molar-refractivity contribution in [1.29, 1.82) is 0 Å². The van der Waals surface area contributed by atoms with E-state index >= 15 is 0 Å². The van der Waals surface area contributed by atoms with Gasteiger partial charge in [0.1, 0.15) is 5.82 Å². The molecule has 0 radical (unpaired) electrons. The van der Waals surface area contributed by atoms with Crippen LogP contribution in [0.15, 0.2) is 36.5 Å². The van der Waals surface area contributed by atoms with Crippen LogP contribution >= 0.6 is 34.8 Å². The minimum atomic E-state index is 0.0310. The number of anilines is 1. The lowest BCUT2D eigenvalue weighted by molar-refractivity contribution is 0.875. The molecule has 1 aromatic carbocycles. The van der Waals surface area contributed by atoms with Gasteiger partial charge in [0.15, 0.2) is 0 Å². The molecule has 1 aromatic heterocycles. The van der Waals surface area contributed by atoms with Gasteiger partial charge in [-0.15, -0.1) is 0 Å². The van der Waals surface area contributed by atoms with Gasteiger partial charge in [0.2, 0.25) is 0 Å². The maximum absolute atomic E-state index is 6.15. The molecule has 1 N–H and O–H groups in total. The zero-order valence-electron chi connectivity index (χ0n) is 9.62. The summed E-state index contributed by atoms with van der Waals surface area (Å²) in [6, 6.07) is 9.08. The van der Waals surface area contributed by atoms with Crippen LogP contribution in [0, 0.1) is 0 Å². The van der Waals surface area contributed by atoms with Crippen molar-refractivity contribution >= 4 is 40.6 Å². The number of aromatic nitrogens is 1. The van der Waals surface area contributed by atoms with E-state index in [1.807, 2.05) is 25.1 Å². The summed E-state index contributed by atoms with van der Waals surface area (Å²) in [6.45, 7) is 2.01. The predicted octanol–water partition coefficient (Wildman–Crippen LogP) is 5.21. The van der Waals surface area contributed by atoms with Gasteiger partial charge in [-0.05, 0) is 36.8 Å². The number of hydrogen-bond donors (Lipinski definition) is 1. The van der Waals surface area contributed by atoms with Crippen molar-refractivity contribution in [3.05, 3.63) is 57.2 Å². The largest absolute Gasteiger partial charge is 0.363 e. The average molecular weight is 302 g/mol. The summed E-state index contributed by atoms with van der Waals surface area (Å²) in [5, 5.41) is 5.12. The third-order valence-corrected chi connectivity index (χ3v) is 3.31. The Morgan fingerprint density at radius 2 is 1.78 bits per heavy atom. The molecule has 2 aromatic rings. The molecule has 0 saturated heterocycles. The van der Waals surface area contributed by atoms with E-state index in [0.29, 0.717) is 15.1 Å². The van der Waals surface area contributed by atoms with Gasteiger partial charge in [0.05, 0.1) is 11.1 Å². The number of nitrogens with zero attached hydrogens (tertiary/aromatic N) is 1. The second kappa shape index (κ2) is 5.79. The van der Waals surface area contributed by atoms with Crippen LogP contribution in [0.2, 0.25) is 15.1 Å². The highest BCUT2D eigenvalue weighted by Gasteiger charge is 2.10. The molecule has 0 aliphatic carbocycles. The van der Waals surface area contributed by atoms with Crippen molar-refractivity contribution in [1.82, 2.24) is 4.98 Å². The van der Waals surface area contributed by atoms with Crippen LogP contribution in [0.3, 0.4) is 0 Å². The van der Waals surface area contributed by atoms with E-state index in [9.17, 15) is 0 Å². The maximum Gasteiger partial charge on any atom is 0.126 e. The Morgan fingerprint density at radius 1 is 1.06 bits per heavy atom. The van der Waals surface area contributed by atoms with Gasteiger partial charge < -0.3 is 5.32 Å². The molecule has 0 aliphatic rings. The summed E-state index contributed by atoms with van der Waals surface area (Å²) in [7, 11) is 0. The second-order valence-corrected chi connectivity index (χ2v) is 5.17. The zero-order valence-corrected chi connectivity index (χ0v) is 11.9. The Labute approximate surface area is 121 Å². The fraction of sp³-hybridized carbons (Fsp3) is 0.154. The van der Waals surface area contributed by atoms with Gasteiger partial charge in [0, 0.05) is 16.2 Å². The predicted molar refractivity (Wildman–Crippen MR) is 77.7 cm³/mol. The summed E-state index contributed by atoms with van der Waals surface area (Å²) in [4.78, 5) is 4.18. The van der Waals surface area contributed by atoms with Crippen LogP contribution in [0.5, 0.6) is 0 Å². The van der Waals surface area contributed by atoms with Crippen LogP contribution < -0.4 is 5.32 Å². The molecule has 94 valence electrons. The van der Waals surface area contributed by atoms with Gasteiger partial charge in [-0.1, -0.05) is 40.9 Å². The molecule has 0 bridgehead atoms. The highest BCUT2D eigenvalue weighted by atomic mass is 35.5. The van der Waals surface area contributed by atoms with Crippen LogP contribution in [0.1, 0.15) is 18.5 Å². The number of benzene rings is 1. The van der Waals surface area contributed by atoms with Crippen LogP contribution in [0.4, 0.5) is 5.82 Å². The van der Waals surface area contributed by atoms with Crippen LogP contribution in [-0.4, -0.2) is 4.98 Å². The number of rotatable bonds is 3. The van der Waals surface area contributed by atoms with Gasteiger partial charge >= 0.3 is 0 Å². The van der Waals surface area contributed by atoms with Crippen molar-refractivity contribution < 1.29 is 0 Å². The van der Waals surface area contributed by atoms with E-state index in [0.717, 1.165) is 11.4 Å². The van der Waals surface area contributed by atoms with Gasteiger partial charge in [-0.25, -0.2) is 4.98 Å². The van der Waals surface area contributed by atoms with Crippen LogP contribution in [0.25, 0.3) is 0 Å². The van der Waals surface area contributed by atoms with E-state index in [1.165, 1.54) is 0 Å². The first-order valence-corrected chi connectivity index (χ1v) is 6.52. The third kappa shape index (κ3) is 3.29. The Morgan fingerprint density at radius 3 is 2.39 bits per heavy atom. The molecule has 5 heteroatoms. The molecule has 0 saturated carbocycles. The third-order valence-electron chi connectivity index (χ3n) is 2.52. The standard InChI is InChI=1S/C13H11Cl3N2/c1-8(11-4-2-9(14)6-12(11)16)18-13-5-3-10(15)7-17-13/h2-8H,1H3,(H,17,18). The lowest BCUT2D eigenvalue weighted by atomic mass is 10.1. The Hall–Kier alpha value is -0.960. The van der Waals surface area contributed by atoms with Gasteiger partial charge in [-0.2, -0.15) is 0 Å². The summed E-state index contributed by atoms with van der Waals surface area (Å²) in [5.74, 6) is 0.748. The summed E-state index contributed by atoms with van der Waals surface area (Å²) >= 11 is 17.8. The van der Waals surface area contributed by atoms with Gasteiger partial charge in [-0.3, -0.25) is 0 Å². The first-order chi connectivity index (χ1) is 8.56. The topological polar surface area (TPSA) is 24.9 Å². The summed E-state index contributed by atoms with van der Waals surface area (Å²) in [5.41, 5.74) is 0.970. The van der Waals surface area contributed by atoms with Crippen molar-refractivity contribution in [2.75, 3.05) is 5.32 Å². The smallest absolute Gasteiger partial charge is 0.126 e. The van der Waals surface area contributed by atoms with Crippen LogP contribution in [-0.2, 0) is 0 Å². The van der Waals surface area contributed by atoms with E-state index in [4.69, 9.17) is 34.8 Å². The molecule has 2 nitrogen and oxygen atoms in total. The molecule has 18 heavy (non-hydrogen) atoms. The molecular formula is C13H11Cl3N2. The zero-order chi connectivity index (χ0) is 13.1. The number of halogens is 3. The Bertz CT molecular complexity index is 540. The maximum atomic E-state index is 6.15. The Balaban J connectivity index is 2.16. The van der Waals surface area contributed by atoms with E-state index < -0.39 is 0 Å². The van der Waals surface area contributed by atoms with Crippen molar-refractivity contribution in [3.8, 4) is 0 Å². The van der Waals surface area contributed by atoms with E-state index in [2.05, 4.69) is 10.3 Å². The number of pyridine rings is 1. The molecule has 1 unspecified atom stereocenters. The van der Waals surface area contributed by atoms with Crippen molar-refractivity contribution in [2.45, 2.75) is 13.0 Å². The fourth-order valence-electron chi connectivity index (χ4n) is 1.61. The monoisotopic (exact) mass is 300 g/mol. The molecule has 0 spiro atoms. The lowest BCUT2D eigenvalue weighted by Crippen LogP contribution is -2.08. The molecule has 0 amide bonds. The number of hydrogen-bond acceptors (Lipinski definition) is 2. The minimum Gasteiger partial charge on any atom is -0.363 e. The summed E-state index contributed by atoms with van der Waals surface area (Å²) < 4.78 is 0. The van der Waals surface area contributed by atoms with Crippen molar-refractivity contribution in [2.24, 2.45) is 0 Å². The molecule has 1 heterocycles. The van der Waals surface area contributed by atoms with Gasteiger partial charge in [0.25, 0.3) is 0 Å². The molecule has 0 aliphatic heterocycles. The molecular weight excluding hydrogens is 291 g/mol.